The van der Waals surface area contributed by atoms with Crippen molar-refractivity contribution >= 4 is 0 Å². The first-order valence-electron chi connectivity index (χ1n) is 8.90. The number of unbranched alkanes of at least 4 members (excludes halogenated alkanes) is 3. The van der Waals surface area contributed by atoms with Gasteiger partial charge in [0.05, 0.1) is 0 Å². The van der Waals surface area contributed by atoms with Crippen molar-refractivity contribution in [3.63, 3.8) is 0 Å². The van der Waals surface area contributed by atoms with E-state index in [1.165, 1.54) is 17.5 Å². The maximum absolute atomic E-state index is 8.76. The van der Waals surface area contributed by atoms with Crippen molar-refractivity contribution in [1.82, 2.24) is 5.32 Å². The first kappa shape index (κ1) is 18.5. The molecule has 2 aromatic rings. The molecule has 1 unspecified atom stereocenters. The largest absolute Gasteiger partial charge is 0.489 e. The Balaban J connectivity index is 1.70. The lowest BCUT2D eigenvalue weighted by atomic mass is 10.1. The number of hydrogen-bond donors (Lipinski definition) is 2. The van der Waals surface area contributed by atoms with Crippen LogP contribution in [0.4, 0.5) is 0 Å². The normalized spacial score (nSPS) is 12.1. The lowest BCUT2D eigenvalue weighted by Gasteiger charge is -2.15. The fraction of sp³-hybridized carbons (Fsp3) is 0.429. The lowest BCUT2D eigenvalue weighted by molar-refractivity contribution is 0.282. The molecule has 0 aliphatic heterocycles. The Kier molecular flexibility index (Phi) is 8.36. The lowest BCUT2D eigenvalue weighted by Crippen LogP contribution is -2.19. The Morgan fingerprint density at radius 1 is 0.917 bits per heavy atom. The number of hydrogen-bond acceptors (Lipinski definition) is 3. The van der Waals surface area contributed by atoms with Gasteiger partial charge >= 0.3 is 0 Å². The Hall–Kier alpha value is -1.84. The summed E-state index contributed by atoms with van der Waals surface area (Å²) in [6.45, 7) is 4.11. The molecule has 3 heteroatoms. The molecule has 2 rings (SSSR count). The number of rotatable bonds is 11. The van der Waals surface area contributed by atoms with Crippen molar-refractivity contribution in [3.05, 3.63) is 65.7 Å². The monoisotopic (exact) mass is 327 g/mol. The quantitative estimate of drug-likeness (QED) is 0.598. The Morgan fingerprint density at radius 2 is 1.62 bits per heavy atom. The van der Waals surface area contributed by atoms with Gasteiger partial charge in [0.2, 0.25) is 0 Å². The van der Waals surface area contributed by atoms with Crippen LogP contribution in [0.2, 0.25) is 0 Å². The van der Waals surface area contributed by atoms with Gasteiger partial charge in [-0.15, -0.1) is 0 Å². The fourth-order valence-electron chi connectivity index (χ4n) is 2.62. The third kappa shape index (κ3) is 6.73. The molecular formula is C21H29NO2. The molecule has 130 valence electrons. The fourth-order valence-corrected chi connectivity index (χ4v) is 2.62. The van der Waals surface area contributed by atoms with E-state index in [0.717, 1.165) is 31.6 Å². The van der Waals surface area contributed by atoms with Gasteiger partial charge in [0.15, 0.2) is 0 Å². The summed E-state index contributed by atoms with van der Waals surface area (Å²) in [4.78, 5) is 0. The third-order valence-electron chi connectivity index (χ3n) is 4.16. The van der Waals surface area contributed by atoms with Crippen molar-refractivity contribution in [2.75, 3.05) is 13.2 Å². The molecule has 0 spiro atoms. The Bertz CT molecular complexity index is 554. The van der Waals surface area contributed by atoms with E-state index in [2.05, 4.69) is 36.5 Å². The Morgan fingerprint density at radius 3 is 2.33 bits per heavy atom. The summed E-state index contributed by atoms with van der Waals surface area (Å²) < 4.78 is 5.82. The summed E-state index contributed by atoms with van der Waals surface area (Å²) in [5.74, 6) is 0.902. The second-order valence-corrected chi connectivity index (χ2v) is 6.16. The first-order valence-corrected chi connectivity index (χ1v) is 8.90. The average Bonchev–Trinajstić information content (AvgIpc) is 2.64. The van der Waals surface area contributed by atoms with E-state index < -0.39 is 0 Å². The summed E-state index contributed by atoms with van der Waals surface area (Å²) in [5, 5.41) is 12.3. The molecule has 2 N–H and O–H groups in total. The smallest absolute Gasteiger partial charge is 0.119 e. The van der Waals surface area contributed by atoms with Crippen LogP contribution in [0.15, 0.2) is 54.6 Å². The van der Waals surface area contributed by atoms with E-state index in [4.69, 9.17) is 9.84 Å². The average molecular weight is 327 g/mol. The molecule has 0 fully saturated rings. The van der Waals surface area contributed by atoms with Crippen molar-refractivity contribution in [2.24, 2.45) is 0 Å². The van der Waals surface area contributed by atoms with Gasteiger partial charge in [0.1, 0.15) is 12.4 Å². The van der Waals surface area contributed by atoms with E-state index in [9.17, 15) is 0 Å². The van der Waals surface area contributed by atoms with Crippen LogP contribution in [0, 0.1) is 0 Å². The molecule has 0 aliphatic rings. The van der Waals surface area contributed by atoms with Crippen molar-refractivity contribution in [2.45, 2.75) is 45.3 Å². The number of benzene rings is 2. The minimum atomic E-state index is 0.308. The molecule has 3 nitrogen and oxygen atoms in total. The van der Waals surface area contributed by atoms with Gasteiger partial charge < -0.3 is 15.2 Å². The summed E-state index contributed by atoms with van der Waals surface area (Å²) in [6, 6.07) is 18.9. The zero-order valence-corrected chi connectivity index (χ0v) is 14.6. The Labute approximate surface area is 145 Å². The van der Waals surface area contributed by atoms with E-state index in [0.29, 0.717) is 19.3 Å². The van der Waals surface area contributed by atoms with Crippen molar-refractivity contribution in [1.29, 1.82) is 0 Å². The maximum Gasteiger partial charge on any atom is 0.119 e. The summed E-state index contributed by atoms with van der Waals surface area (Å²) in [6.07, 6.45) is 4.36. The van der Waals surface area contributed by atoms with Gasteiger partial charge in [-0.05, 0) is 49.6 Å². The van der Waals surface area contributed by atoms with Gasteiger partial charge in [-0.1, -0.05) is 55.3 Å². The van der Waals surface area contributed by atoms with Gasteiger partial charge in [0.25, 0.3) is 0 Å². The molecule has 2 aromatic carbocycles. The van der Waals surface area contributed by atoms with E-state index >= 15 is 0 Å². The molecule has 0 heterocycles. The zero-order valence-electron chi connectivity index (χ0n) is 14.6. The minimum absolute atomic E-state index is 0.308. The summed E-state index contributed by atoms with van der Waals surface area (Å²) in [7, 11) is 0. The van der Waals surface area contributed by atoms with Crippen molar-refractivity contribution in [3.8, 4) is 5.75 Å². The van der Waals surface area contributed by atoms with Gasteiger partial charge in [0, 0.05) is 12.6 Å². The number of ether oxygens (including phenoxy) is 1. The molecule has 0 saturated heterocycles. The number of aliphatic hydroxyl groups excluding tert-OH is 1. The molecule has 0 bridgehead atoms. The predicted octanol–water partition coefficient (Wildman–Crippen LogP) is 4.47. The first-order chi connectivity index (χ1) is 11.8. The molecule has 1 atom stereocenters. The molecular weight excluding hydrogens is 298 g/mol. The topological polar surface area (TPSA) is 41.5 Å². The highest BCUT2D eigenvalue weighted by molar-refractivity contribution is 5.29. The van der Waals surface area contributed by atoms with E-state index in [-0.39, 0.29) is 0 Å². The molecule has 0 aromatic heterocycles. The molecule has 24 heavy (non-hydrogen) atoms. The van der Waals surface area contributed by atoms with Gasteiger partial charge in [-0.2, -0.15) is 0 Å². The molecule has 0 radical (unpaired) electrons. The van der Waals surface area contributed by atoms with Crippen LogP contribution < -0.4 is 10.1 Å². The number of aliphatic hydroxyl groups is 1. The van der Waals surface area contributed by atoms with Crippen molar-refractivity contribution < 1.29 is 9.84 Å². The predicted molar refractivity (Wildman–Crippen MR) is 99.2 cm³/mol. The van der Waals surface area contributed by atoms with Crippen LogP contribution in [-0.2, 0) is 6.61 Å². The second kappa shape index (κ2) is 10.8. The highest BCUT2D eigenvalue weighted by Gasteiger charge is 2.04. The molecule has 0 amide bonds. The van der Waals surface area contributed by atoms with Crippen LogP contribution in [0.5, 0.6) is 5.75 Å². The van der Waals surface area contributed by atoms with Gasteiger partial charge in [-0.3, -0.25) is 0 Å². The van der Waals surface area contributed by atoms with Gasteiger partial charge in [-0.25, -0.2) is 0 Å². The van der Waals surface area contributed by atoms with Crippen LogP contribution in [0.25, 0.3) is 0 Å². The minimum Gasteiger partial charge on any atom is -0.489 e. The highest BCUT2D eigenvalue weighted by Crippen LogP contribution is 2.18. The highest BCUT2D eigenvalue weighted by atomic mass is 16.5. The standard InChI is InChI=1S/C21H29NO2/c1-18(22-15-7-2-3-8-16-23)20-11-13-21(14-12-20)24-17-19-9-5-4-6-10-19/h4-6,9-14,18,22-23H,2-3,7-8,15-17H2,1H3. The summed E-state index contributed by atoms with van der Waals surface area (Å²) >= 11 is 0. The van der Waals surface area contributed by atoms with Crippen LogP contribution in [0.1, 0.15) is 49.8 Å². The van der Waals surface area contributed by atoms with E-state index in [1.54, 1.807) is 0 Å². The molecule has 0 aliphatic carbocycles. The third-order valence-corrected chi connectivity index (χ3v) is 4.16. The second-order valence-electron chi connectivity index (χ2n) is 6.16. The SMILES string of the molecule is CC(NCCCCCCO)c1ccc(OCc2ccccc2)cc1. The van der Waals surface area contributed by atoms with Crippen LogP contribution >= 0.6 is 0 Å². The van der Waals surface area contributed by atoms with E-state index in [1.807, 2.05) is 30.3 Å². The number of nitrogens with one attached hydrogen (secondary N) is 1. The van der Waals surface area contributed by atoms with Crippen LogP contribution in [-0.4, -0.2) is 18.3 Å². The zero-order chi connectivity index (χ0) is 17.0. The maximum atomic E-state index is 8.76. The summed E-state index contributed by atoms with van der Waals surface area (Å²) in [5.41, 5.74) is 2.45. The molecule has 0 saturated carbocycles. The van der Waals surface area contributed by atoms with Crippen LogP contribution in [0.3, 0.4) is 0 Å².